The van der Waals surface area contributed by atoms with Gasteiger partial charge in [-0.05, 0) is 44.2 Å². The first-order chi connectivity index (χ1) is 14.3. The molecule has 2 aromatic carbocycles. The van der Waals surface area contributed by atoms with E-state index in [1.807, 2.05) is 0 Å². The van der Waals surface area contributed by atoms with E-state index in [2.05, 4.69) is 15.7 Å². The molecule has 2 N–H and O–H groups in total. The van der Waals surface area contributed by atoms with Crippen molar-refractivity contribution in [1.29, 1.82) is 0 Å². The zero-order valence-corrected chi connectivity index (χ0v) is 16.1. The Hall–Kier alpha value is -4.01. The molecule has 1 aliphatic heterocycles. The van der Waals surface area contributed by atoms with E-state index in [1.165, 1.54) is 35.0 Å². The normalized spacial score (nSPS) is 15.0. The van der Waals surface area contributed by atoms with Crippen molar-refractivity contribution in [3.8, 4) is 11.4 Å². The van der Waals surface area contributed by atoms with Gasteiger partial charge in [0.2, 0.25) is 5.43 Å². The maximum absolute atomic E-state index is 14.2. The Morgan fingerprint density at radius 1 is 1.20 bits per heavy atom. The monoisotopic (exact) mass is 408 g/mol. The predicted molar refractivity (Wildman–Crippen MR) is 108 cm³/mol. The van der Waals surface area contributed by atoms with Gasteiger partial charge >= 0.3 is 0 Å². The van der Waals surface area contributed by atoms with E-state index in [0.717, 1.165) is 0 Å². The molecule has 0 saturated heterocycles. The fourth-order valence-electron chi connectivity index (χ4n) is 3.05. The summed E-state index contributed by atoms with van der Waals surface area (Å²) in [7, 11) is 0. The van der Waals surface area contributed by atoms with Gasteiger partial charge in [0.05, 0.1) is 5.69 Å². The Morgan fingerprint density at radius 2 is 1.97 bits per heavy atom. The number of para-hydroxylation sites is 1. The predicted octanol–water partition coefficient (Wildman–Crippen LogP) is 2.65. The molecule has 3 aromatic rings. The Balaban J connectivity index is 1.65. The number of halogens is 1. The zero-order valence-electron chi connectivity index (χ0n) is 16.1. The average Bonchev–Trinajstić information content (AvgIpc) is 2.70. The molecule has 152 valence electrons. The second-order valence-electron chi connectivity index (χ2n) is 6.78. The highest BCUT2D eigenvalue weighted by Crippen LogP contribution is 2.32. The zero-order chi connectivity index (χ0) is 21.4. The molecule has 4 rings (SSSR count). The average molecular weight is 408 g/mol. The van der Waals surface area contributed by atoms with Gasteiger partial charge in [-0.1, -0.05) is 12.1 Å². The number of nitrogens with one attached hydrogen (secondary N) is 2. The third kappa shape index (κ3) is 3.52. The third-order valence-corrected chi connectivity index (χ3v) is 4.57. The van der Waals surface area contributed by atoms with Crippen LogP contribution in [-0.4, -0.2) is 27.7 Å². The number of aryl methyl sites for hydroxylation is 1. The van der Waals surface area contributed by atoms with Crippen molar-refractivity contribution >= 4 is 23.2 Å². The SMILES string of the molecule is Cc1cc(=O)c(C(=O)Nc2ccc3c(c2)NC(=O)[C@H](C)O3)nn1-c1ccccc1F. The lowest BCUT2D eigenvalue weighted by atomic mass is 10.2. The number of benzene rings is 2. The van der Waals surface area contributed by atoms with Crippen LogP contribution in [-0.2, 0) is 4.79 Å². The second kappa shape index (κ2) is 7.43. The molecule has 30 heavy (non-hydrogen) atoms. The minimum atomic E-state index is -0.763. The molecule has 0 bridgehead atoms. The molecule has 0 aliphatic carbocycles. The molecule has 0 radical (unpaired) electrons. The Bertz CT molecular complexity index is 1240. The van der Waals surface area contributed by atoms with Crippen molar-refractivity contribution in [2.75, 3.05) is 10.6 Å². The lowest BCUT2D eigenvalue weighted by Crippen LogP contribution is -2.34. The van der Waals surface area contributed by atoms with Crippen LogP contribution in [0.25, 0.3) is 5.69 Å². The quantitative estimate of drug-likeness (QED) is 0.694. The molecule has 8 nitrogen and oxygen atoms in total. The topological polar surface area (TPSA) is 102 Å². The van der Waals surface area contributed by atoms with Gasteiger partial charge in [-0.15, -0.1) is 0 Å². The van der Waals surface area contributed by atoms with Gasteiger partial charge in [0.25, 0.3) is 11.8 Å². The van der Waals surface area contributed by atoms with Crippen LogP contribution in [0.5, 0.6) is 5.75 Å². The van der Waals surface area contributed by atoms with Gasteiger partial charge in [-0.2, -0.15) is 5.10 Å². The van der Waals surface area contributed by atoms with Gasteiger partial charge in [0.15, 0.2) is 11.8 Å². The summed E-state index contributed by atoms with van der Waals surface area (Å²) in [5.74, 6) is -1.14. The van der Waals surface area contributed by atoms with Crippen molar-refractivity contribution in [3.05, 3.63) is 76.0 Å². The van der Waals surface area contributed by atoms with Crippen molar-refractivity contribution in [2.45, 2.75) is 20.0 Å². The fraction of sp³-hybridized carbons (Fsp3) is 0.143. The highest BCUT2D eigenvalue weighted by Gasteiger charge is 2.24. The molecule has 0 unspecified atom stereocenters. The largest absolute Gasteiger partial charge is 0.479 e. The number of ether oxygens (including phenoxy) is 1. The van der Waals surface area contributed by atoms with Crippen LogP contribution in [0.2, 0.25) is 0 Å². The van der Waals surface area contributed by atoms with Crippen LogP contribution >= 0.6 is 0 Å². The number of aromatic nitrogens is 2. The number of carbonyl (C=O) groups excluding carboxylic acids is 2. The minimum absolute atomic E-state index is 0.117. The fourth-order valence-corrected chi connectivity index (χ4v) is 3.05. The van der Waals surface area contributed by atoms with Crippen LogP contribution in [0.15, 0.2) is 53.3 Å². The third-order valence-electron chi connectivity index (χ3n) is 4.57. The van der Waals surface area contributed by atoms with E-state index < -0.39 is 29.0 Å². The summed E-state index contributed by atoms with van der Waals surface area (Å²) in [5.41, 5.74) is 0.237. The summed E-state index contributed by atoms with van der Waals surface area (Å²) in [6.07, 6.45) is -0.619. The lowest BCUT2D eigenvalue weighted by molar-refractivity contribution is -0.122. The first-order valence-electron chi connectivity index (χ1n) is 9.12. The molecule has 0 saturated carbocycles. The maximum atomic E-state index is 14.2. The van der Waals surface area contributed by atoms with E-state index in [4.69, 9.17) is 4.74 Å². The van der Waals surface area contributed by atoms with Gasteiger partial charge in [-0.25, -0.2) is 9.07 Å². The Labute approximate surface area is 170 Å². The van der Waals surface area contributed by atoms with Crippen LogP contribution in [0.3, 0.4) is 0 Å². The summed E-state index contributed by atoms with van der Waals surface area (Å²) in [6, 6.07) is 11.8. The van der Waals surface area contributed by atoms with E-state index in [-0.39, 0.29) is 11.6 Å². The Morgan fingerprint density at radius 3 is 2.73 bits per heavy atom. The summed E-state index contributed by atoms with van der Waals surface area (Å²) in [5, 5.41) is 9.32. The molecule has 1 aliphatic rings. The van der Waals surface area contributed by atoms with E-state index in [9.17, 15) is 18.8 Å². The van der Waals surface area contributed by atoms with E-state index in [0.29, 0.717) is 22.8 Å². The first kappa shape index (κ1) is 19.3. The van der Waals surface area contributed by atoms with Gasteiger partial charge < -0.3 is 15.4 Å². The summed E-state index contributed by atoms with van der Waals surface area (Å²) < 4.78 is 20.8. The minimum Gasteiger partial charge on any atom is -0.479 e. The van der Waals surface area contributed by atoms with Gasteiger partial charge in [-0.3, -0.25) is 14.4 Å². The molecule has 2 heterocycles. The number of fused-ring (bicyclic) bond motifs is 1. The van der Waals surface area contributed by atoms with Crippen LogP contribution in [0, 0.1) is 12.7 Å². The van der Waals surface area contributed by atoms with Crippen LogP contribution in [0.4, 0.5) is 15.8 Å². The van der Waals surface area contributed by atoms with E-state index >= 15 is 0 Å². The maximum Gasteiger partial charge on any atom is 0.280 e. The lowest BCUT2D eigenvalue weighted by Gasteiger charge is -2.23. The number of carbonyl (C=O) groups is 2. The van der Waals surface area contributed by atoms with Crippen molar-refractivity contribution in [1.82, 2.24) is 9.78 Å². The van der Waals surface area contributed by atoms with Crippen molar-refractivity contribution in [2.24, 2.45) is 0 Å². The van der Waals surface area contributed by atoms with E-state index in [1.54, 1.807) is 32.0 Å². The number of nitrogens with zero attached hydrogens (tertiary/aromatic N) is 2. The summed E-state index contributed by atoms with van der Waals surface area (Å²) in [6.45, 7) is 3.22. The number of rotatable bonds is 3. The summed E-state index contributed by atoms with van der Waals surface area (Å²) in [4.78, 5) is 36.8. The van der Waals surface area contributed by atoms with Crippen LogP contribution < -0.4 is 20.8 Å². The molecule has 1 aromatic heterocycles. The second-order valence-corrected chi connectivity index (χ2v) is 6.78. The molecular weight excluding hydrogens is 391 g/mol. The number of hydrogen-bond donors (Lipinski definition) is 2. The number of anilines is 2. The molecular formula is C21H17FN4O4. The number of amides is 2. The summed E-state index contributed by atoms with van der Waals surface area (Å²) >= 11 is 0. The van der Waals surface area contributed by atoms with Gasteiger partial charge in [0, 0.05) is 17.4 Å². The smallest absolute Gasteiger partial charge is 0.280 e. The Kier molecular flexibility index (Phi) is 4.78. The first-order valence-corrected chi connectivity index (χ1v) is 9.12. The highest BCUT2D eigenvalue weighted by molar-refractivity contribution is 6.04. The molecule has 9 heteroatoms. The van der Waals surface area contributed by atoms with Crippen molar-refractivity contribution in [3.63, 3.8) is 0 Å². The number of hydrogen-bond acceptors (Lipinski definition) is 5. The van der Waals surface area contributed by atoms with Crippen LogP contribution in [0.1, 0.15) is 23.1 Å². The highest BCUT2D eigenvalue weighted by atomic mass is 19.1. The molecule has 0 spiro atoms. The van der Waals surface area contributed by atoms with Crippen molar-refractivity contribution < 1.29 is 18.7 Å². The standard InChI is InChI=1S/C21H17FN4O4/c1-11-9-17(27)19(25-26(11)16-6-4-3-5-14(16)22)21(29)23-13-7-8-18-15(10-13)24-20(28)12(2)30-18/h3-10,12H,1-2H3,(H,23,29)(H,24,28)/t12-/m0/s1. The molecule has 2 amide bonds. The molecule has 0 fully saturated rings. The van der Waals surface area contributed by atoms with Gasteiger partial charge in [0.1, 0.15) is 17.3 Å². The molecule has 1 atom stereocenters.